The minimum atomic E-state index is -1.32. The second kappa shape index (κ2) is 14.4. The Morgan fingerprint density at radius 2 is 1.82 bits per heavy atom. The number of ether oxygens (including phenoxy) is 2. The topological polar surface area (TPSA) is 125 Å². The molecule has 0 aromatic heterocycles. The van der Waals surface area contributed by atoms with E-state index >= 15 is 0 Å². The fraction of sp³-hybridized carbons (Fsp3) is 0.576. The number of halogens is 1. The number of carbonyl (C=O) groups excluding carboxylic acids is 4. The highest BCUT2D eigenvalue weighted by Gasteiger charge is 2.74. The van der Waals surface area contributed by atoms with Crippen molar-refractivity contribution in [3.05, 3.63) is 58.6 Å². The predicted molar refractivity (Wildman–Crippen MR) is 166 cm³/mol. The number of hydrogen-bond acceptors (Lipinski definition) is 7. The SMILES string of the molecule is CCCCN1C/C=C\CCC(=O)NC[C@H](c2ccccc2)OC(=O)[C@H]2[C@@H]3O[C@@]4(C=C3Br)[C@@H]2C(=O)N(CCCCCO)[C@@H]4C1=O. The number of allylic oxidation sites excluding steroid dienone is 1. The van der Waals surface area contributed by atoms with Gasteiger partial charge in [-0.1, -0.05) is 71.8 Å². The van der Waals surface area contributed by atoms with Crippen LogP contribution >= 0.6 is 15.9 Å². The van der Waals surface area contributed by atoms with Crippen molar-refractivity contribution in [2.45, 2.75) is 75.7 Å². The number of esters is 1. The van der Waals surface area contributed by atoms with Gasteiger partial charge in [0.05, 0.1) is 12.5 Å². The molecule has 5 bridgehead atoms. The molecule has 1 aromatic carbocycles. The Balaban J connectivity index is 1.55. The standard InChI is InChI=1S/C33H42BrN3O7/c1-2-3-16-36-17-10-5-9-15-25(39)35-21-24(22-13-7-4-8-14-22)43-32(42)26-27-30(40)37(18-11-6-12-19-38)29(31(36)41)33(27)20-23(34)28(26)44-33/h4-5,7-8,10,13-14,20,24,26-29,38H,2-3,6,9,11-12,15-19,21H2,1H3,(H,35,39)/b10-5-/t24-,26-,27+,28-,29-,33+/m1/s1. The van der Waals surface area contributed by atoms with Gasteiger partial charge >= 0.3 is 5.97 Å². The summed E-state index contributed by atoms with van der Waals surface area (Å²) in [6, 6.07) is 8.25. The fourth-order valence-electron chi connectivity index (χ4n) is 6.83. The molecule has 2 fully saturated rings. The van der Waals surface area contributed by atoms with Crippen LogP contribution in [0.5, 0.6) is 0 Å². The molecule has 2 N–H and O–H groups in total. The second-order valence-corrected chi connectivity index (χ2v) is 12.8. The lowest BCUT2D eigenvalue weighted by Crippen LogP contribution is -2.56. The molecule has 6 atom stereocenters. The lowest BCUT2D eigenvalue weighted by Gasteiger charge is -2.36. The summed E-state index contributed by atoms with van der Waals surface area (Å²) in [6.07, 6.45) is 8.39. The fourth-order valence-corrected chi connectivity index (χ4v) is 7.57. The highest BCUT2D eigenvalue weighted by molar-refractivity contribution is 9.11. The van der Waals surface area contributed by atoms with Gasteiger partial charge in [-0.15, -0.1) is 0 Å². The zero-order valence-corrected chi connectivity index (χ0v) is 26.7. The number of fused-ring (bicyclic) bond motifs is 2. The normalized spacial score (nSPS) is 31.5. The van der Waals surface area contributed by atoms with E-state index in [1.165, 1.54) is 0 Å². The van der Waals surface area contributed by atoms with Gasteiger partial charge in [0.1, 0.15) is 29.8 Å². The average Bonchev–Trinajstić information content (AvgIpc) is 3.61. The van der Waals surface area contributed by atoms with Crippen molar-refractivity contribution in [2.75, 3.05) is 32.8 Å². The highest BCUT2D eigenvalue weighted by atomic mass is 79.9. The second-order valence-electron chi connectivity index (χ2n) is 11.9. The summed E-state index contributed by atoms with van der Waals surface area (Å²) in [6.45, 7) is 3.34. The summed E-state index contributed by atoms with van der Waals surface area (Å²) in [5, 5.41) is 12.2. The maximum atomic E-state index is 14.5. The van der Waals surface area contributed by atoms with E-state index in [-0.39, 0.29) is 37.3 Å². The van der Waals surface area contributed by atoms with E-state index in [1.54, 1.807) is 9.80 Å². The summed E-state index contributed by atoms with van der Waals surface area (Å²) < 4.78 is 13.3. The zero-order chi connectivity index (χ0) is 31.3. The molecular weight excluding hydrogens is 630 g/mol. The number of amides is 3. The van der Waals surface area contributed by atoms with E-state index < -0.39 is 41.7 Å². The smallest absolute Gasteiger partial charge is 0.313 e. The number of nitrogens with one attached hydrogen (secondary N) is 1. The quantitative estimate of drug-likeness (QED) is 0.234. The van der Waals surface area contributed by atoms with Crippen LogP contribution in [-0.4, -0.2) is 89.1 Å². The number of benzene rings is 1. The lowest BCUT2D eigenvalue weighted by molar-refractivity contribution is -0.159. The van der Waals surface area contributed by atoms with Gasteiger partial charge in [-0.2, -0.15) is 0 Å². The molecule has 5 rings (SSSR count). The van der Waals surface area contributed by atoms with Crippen LogP contribution in [0.4, 0.5) is 0 Å². The van der Waals surface area contributed by atoms with Crippen LogP contribution in [0.25, 0.3) is 0 Å². The van der Waals surface area contributed by atoms with Gasteiger partial charge in [0.15, 0.2) is 0 Å². The van der Waals surface area contributed by atoms with Crippen LogP contribution in [0.3, 0.4) is 0 Å². The third-order valence-corrected chi connectivity index (χ3v) is 9.71. The number of carbonyl (C=O) groups is 4. The molecule has 4 aliphatic heterocycles. The summed E-state index contributed by atoms with van der Waals surface area (Å²) >= 11 is 3.59. The molecule has 10 nitrogen and oxygen atoms in total. The number of cyclic esters (lactones) is 1. The Bertz CT molecular complexity index is 1290. The summed E-state index contributed by atoms with van der Waals surface area (Å²) in [5.74, 6) is -3.21. The van der Waals surface area contributed by atoms with Crippen LogP contribution in [0.1, 0.15) is 63.5 Å². The molecule has 238 valence electrons. The van der Waals surface area contributed by atoms with Gasteiger partial charge < -0.3 is 29.7 Å². The molecule has 0 saturated carbocycles. The van der Waals surface area contributed by atoms with Gasteiger partial charge in [0.25, 0.3) is 0 Å². The van der Waals surface area contributed by atoms with Crippen LogP contribution in [0.2, 0.25) is 0 Å². The first-order valence-electron chi connectivity index (χ1n) is 15.8. The number of nitrogens with zero attached hydrogens (tertiary/aromatic N) is 2. The van der Waals surface area contributed by atoms with Gasteiger partial charge in [-0.3, -0.25) is 19.2 Å². The number of aliphatic hydroxyl groups is 1. The predicted octanol–water partition coefficient (Wildman–Crippen LogP) is 3.40. The molecule has 4 aliphatic rings. The number of hydrogen-bond donors (Lipinski definition) is 2. The molecule has 0 unspecified atom stereocenters. The van der Waals surface area contributed by atoms with Gasteiger partial charge in [0.2, 0.25) is 17.7 Å². The van der Waals surface area contributed by atoms with E-state index in [9.17, 15) is 24.3 Å². The molecular formula is C33H42BrN3O7. The van der Waals surface area contributed by atoms with Crippen molar-refractivity contribution in [1.29, 1.82) is 0 Å². The lowest BCUT2D eigenvalue weighted by atomic mass is 9.74. The maximum Gasteiger partial charge on any atom is 0.313 e. The molecule has 3 amide bonds. The van der Waals surface area contributed by atoms with Crippen molar-refractivity contribution >= 4 is 39.6 Å². The molecule has 44 heavy (non-hydrogen) atoms. The average molecular weight is 673 g/mol. The van der Waals surface area contributed by atoms with Crippen molar-refractivity contribution in [3.8, 4) is 0 Å². The Morgan fingerprint density at radius 3 is 2.57 bits per heavy atom. The monoisotopic (exact) mass is 671 g/mol. The zero-order valence-electron chi connectivity index (χ0n) is 25.2. The van der Waals surface area contributed by atoms with Crippen LogP contribution in [0.15, 0.2) is 53.0 Å². The Kier molecular flexibility index (Phi) is 10.6. The van der Waals surface area contributed by atoms with E-state index in [2.05, 4.69) is 28.2 Å². The molecule has 1 aromatic rings. The first-order chi connectivity index (χ1) is 21.3. The minimum Gasteiger partial charge on any atom is -0.455 e. The Hall–Kier alpha value is -3.02. The summed E-state index contributed by atoms with van der Waals surface area (Å²) in [7, 11) is 0. The van der Waals surface area contributed by atoms with Crippen molar-refractivity contribution in [3.63, 3.8) is 0 Å². The van der Waals surface area contributed by atoms with Crippen molar-refractivity contribution in [2.24, 2.45) is 11.8 Å². The van der Waals surface area contributed by atoms with E-state index in [0.29, 0.717) is 49.8 Å². The molecule has 11 heteroatoms. The van der Waals surface area contributed by atoms with Gasteiger partial charge in [0, 0.05) is 37.1 Å². The van der Waals surface area contributed by atoms with E-state index in [4.69, 9.17) is 9.47 Å². The summed E-state index contributed by atoms with van der Waals surface area (Å²) in [4.78, 5) is 58.9. The first kappa shape index (κ1) is 32.4. The minimum absolute atomic E-state index is 0.0530. The van der Waals surface area contributed by atoms with Crippen LogP contribution in [-0.2, 0) is 28.7 Å². The summed E-state index contributed by atoms with van der Waals surface area (Å²) in [5.41, 5.74) is -0.605. The number of likely N-dealkylation sites (tertiary alicyclic amines) is 1. The molecule has 1 spiro atoms. The molecule has 2 saturated heterocycles. The Morgan fingerprint density at radius 1 is 1.02 bits per heavy atom. The number of unbranched alkanes of at least 4 members (excludes halogenated alkanes) is 3. The highest BCUT2D eigenvalue weighted by Crippen LogP contribution is 2.59. The third kappa shape index (κ3) is 6.37. The first-order valence-corrected chi connectivity index (χ1v) is 16.5. The van der Waals surface area contributed by atoms with Crippen LogP contribution < -0.4 is 5.32 Å². The molecule has 4 heterocycles. The van der Waals surface area contributed by atoms with E-state index in [0.717, 1.165) is 18.4 Å². The van der Waals surface area contributed by atoms with E-state index in [1.807, 2.05) is 48.6 Å². The maximum absolute atomic E-state index is 14.5. The number of rotatable bonds is 9. The van der Waals surface area contributed by atoms with Crippen molar-refractivity contribution in [1.82, 2.24) is 15.1 Å². The molecule has 0 radical (unpaired) electrons. The number of aliphatic hydroxyl groups excluding tert-OH is 1. The largest absolute Gasteiger partial charge is 0.455 e. The molecule has 0 aliphatic carbocycles. The van der Waals surface area contributed by atoms with Gasteiger partial charge in [-0.05, 0) is 43.7 Å². The Labute approximate surface area is 266 Å². The van der Waals surface area contributed by atoms with Crippen LogP contribution in [0, 0.1) is 11.8 Å². The third-order valence-electron chi connectivity index (χ3n) is 9.03. The van der Waals surface area contributed by atoms with Crippen molar-refractivity contribution < 1.29 is 33.8 Å². The van der Waals surface area contributed by atoms with Gasteiger partial charge in [-0.25, -0.2) is 0 Å².